The topological polar surface area (TPSA) is 77.0 Å². The van der Waals surface area contributed by atoms with Crippen molar-refractivity contribution >= 4 is 17.8 Å². The minimum absolute atomic E-state index is 0.247. The van der Waals surface area contributed by atoms with Crippen molar-refractivity contribution in [2.45, 2.75) is 64.1 Å². The largest absolute Gasteiger partial charge is 0.352 e. The van der Waals surface area contributed by atoms with Crippen LogP contribution in [0.3, 0.4) is 0 Å². The Balaban J connectivity index is 1.21. The first-order valence-corrected chi connectivity index (χ1v) is 11.7. The van der Waals surface area contributed by atoms with Crippen LogP contribution in [0.1, 0.15) is 56.1 Å². The molecule has 1 atom stereocenters. The van der Waals surface area contributed by atoms with Gasteiger partial charge in [-0.15, -0.1) is 0 Å². The van der Waals surface area contributed by atoms with Gasteiger partial charge in [-0.1, -0.05) is 37.1 Å². The number of amides is 2. The van der Waals surface area contributed by atoms with Gasteiger partial charge in [-0.3, -0.25) is 14.6 Å². The van der Waals surface area contributed by atoms with E-state index < -0.39 is 0 Å². The maximum Gasteiger partial charge on any atom is 0.225 e. The van der Waals surface area contributed by atoms with Crippen LogP contribution in [0.15, 0.2) is 29.3 Å². The molecular formula is C24H35N5O2. The number of carbonyl (C=O) groups excluding carboxylic acids is 2. The second-order valence-corrected chi connectivity index (χ2v) is 9.06. The molecule has 2 aliphatic heterocycles. The highest BCUT2D eigenvalue weighted by atomic mass is 16.2. The quantitative estimate of drug-likeness (QED) is 0.541. The third-order valence-corrected chi connectivity index (χ3v) is 6.80. The Bertz CT molecular complexity index is 801. The fraction of sp³-hybridized carbons (Fsp3) is 0.625. The Hall–Kier alpha value is -2.57. The van der Waals surface area contributed by atoms with Crippen molar-refractivity contribution in [2.75, 3.05) is 26.7 Å². The third kappa shape index (κ3) is 5.57. The van der Waals surface area contributed by atoms with Crippen LogP contribution >= 0.6 is 0 Å². The number of nitrogens with zero attached hydrogens (tertiary/aromatic N) is 3. The molecule has 168 valence electrons. The van der Waals surface area contributed by atoms with Gasteiger partial charge in [-0.25, -0.2) is 0 Å². The predicted octanol–water partition coefficient (Wildman–Crippen LogP) is 2.27. The Morgan fingerprint density at radius 3 is 2.48 bits per heavy atom. The van der Waals surface area contributed by atoms with Gasteiger partial charge in [0.15, 0.2) is 5.96 Å². The number of hydrogen-bond donors (Lipinski definition) is 2. The molecule has 0 aromatic heterocycles. The van der Waals surface area contributed by atoms with Gasteiger partial charge in [-0.05, 0) is 36.8 Å². The van der Waals surface area contributed by atoms with E-state index in [9.17, 15) is 9.59 Å². The highest BCUT2D eigenvalue weighted by Gasteiger charge is 2.32. The molecule has 7 heteroatoms. The summed E-state index contributed by atoms with van der Waals surface area (Å²) in [4.78, 5) is 32.8. The molecule has 1 aromatic rings. The minimum atomic E-state index is 0.247. The summed E-state index contributed by atoms with van der Waals surface area (Å²) in [5.41, 5.74) is 2.34. The molecule has 1 unspecified atom stereocenters. The Kier molecular flexibility index (Phi) is 7.10. The van der Waals surface area contributed by atoms with Crippen LogP contribution in [0.2, 0.25) is 0 Å². The second kappa shape index (κ2) is 10.2. The average molecular weight is 426 g/mol. The first kappa shape index (κ1) is 21.7. The molecule has 1 saturated carbocycles. The lowest BCUT2D eigenvalue weighted by atomic mass is 10.1. The normalized spacial score (nSPS) is 22.4. The molecule has 2 amide bonds. The van der Waals surface area contributed by atoms with Gasteiger partial charge in [0.2, 0.25) is 11.8 Å². The van der Waals surface area contributed by atoms with E-state index in [2.05, 4.69) is 39.9 Å². The van der Waals surface area contributed by atoms with E-state index in [1.54, 1.807) is 7.05 Å². The molecule has 0 radical (unpaired) electrons. The lowest BCUT2D eigenvalue weighted by Crippen LogP contribution is -2.45. The number of benzene rings is 1. The average Bonchev–Trinajstić information content (AvgIpc) is 3.55. The molecule has 2 N–H and O–H groups in total. The van der Waals surface area contributed by atoms with E-state index in [4.69, 9.17) is 0 Å². The Labute approximate surface area is 185 Å². The van der Waals surface area contributed by atoms with Gasteiger partial charge < -0.3 is 20.4 Å². The molecule has 0 spiro atoms. The zero-order valence-corrected chi connectivity index (χ0v) is 18.6. The summed E-state index contributed by atoms with van der Waals surface area (Å²) >= 11 is 0. The van der Waals surface area contributed by atoms with Crippen molar-refractivity contribution in [3.8, 4) is 0 Å². The van der Waals surface area contributed by atoms with Gasteiger partial charge >= 0.3 is 0 Å². The van der Waals surface area contributed by atoms with Crippen molar-refractivity contribution in [1.82, 2.24) is 20.4 Å². The maximum atomic E-state index is 12.6. The van der Waals surface area contributed by atoms with Crippen LogP contribution in [0, 0.1) is 5.92 Å². The summed E-state index contributed by atoms with van der Waals surface area (Å²) < 4.78 is 0. The van der Waals surface area contributed by atoms with E-state index >= 15 is 0 Å². The van der Waals surface area contributed by atoms with E-state index in [1.165, 1.54) is 24.0 Å². The molecular weight excluding hydrogens is 390 g/mol. The standard InChI is InChI=1S/C24H35N5O2/c1-25-24(27-21-12-14-29(17-21)23(31)20-5-2-3-6-20)26-15-18-8-10-19(11-9-18)16-28-13-4-7-22(28)30/h8-11,20-21H,2-7,12-17H2,1H3,(H2,25,26,27). The van der Waals surface area contributed by atoms with Crippen molar-refractivity contribution in [1.29, 1.82) is 0 Å². The lowest BCUT2D eigenvalue weighted by Gasteiger charge is -2.21. The second-order valence-electron chi connectivity index (χ2n) is 9.06. The molecule has 1 aliphatic carbocycles. The first-order chi connectivity index (χ1) is 15.1. The first-order valence-electron chi connectivity index (χ1n) is 11.7. The smallest absolute Gasteiger partial charge is 0.225 e. The van der Waals surface area contributed by atoms with E-state index in [0.29, 0.717) is 25.4 Å². The molecule has 0 bridgehead atoms. The van der Waals surface area contributed by atoms with Crippen LogP contribution in [0.25, 0.3) is 0 Å². The van der Waals surface area contributed by atoms with E-state index in [-0.39, 0.29) is 17.9 Å². The summed E-state index contributed by atoms with van der Waals surface area (Å²) in [6, 6.07) is 8.66. The summed E-state index contributed by atoms with van der Waals surface area (Å²) in [5, 5.41) is 6.86. The van der Waals surface area contributed by atoms with E-state index in [0.717, 1.165) is 51.3 Å². The minimum Gasteiger partial charge on any atom is -0.352 e. The molecule has 3 fully saturated rings. The van der Waals surface area contributed by atoms with Gasteiger partial charge in [0, 0.05) is 58.2 Å². The van der Waals surface area contributed by atoms with Crippen molar-refractivity contribution < 1.29 is 9.59 Å². The summed E-state index contributed by atoms with van der Waals surface area (Å²) in [7, 11) is 1.78. The number of hydrogen-bond acceptors (Lipinski definition) is 3. The SMILES string of the molecule is CN=C(NCc1ccc(CN2CCCC2=O)cc1)NC1CCN(C(=O)C2CCCC2)C1. The monoisotopic (exact) mass is 425 g/mol. The van der Waals surface area contributed by atoms with E-state index in [1.807, 2.05) is 9.80 Å². The molecule has 31 heavy (non-hydrogen) atoms. The summed E-state index contributed by atoms with van der Waals surface area (Å²) in [6.45, 7) is 3.85. The molecule has 4 rings (SSSR count). The van der Waals surface area contributed by atoms with Gasteiger partial charge in [0.25, 0.3) is 0 Å². The van der Waals surface area contributed by atoms with Gasteiger partial charge in [0.1, 0.15) is 0 Å². The lowest BCUT2D eigenvalue weighted by molar-refractivity contribution is -0.134. The number of aliphatic imine (C=N–C) groups is 1. The van der Waals surface area contributed by atoms with Crippen LogP contribution in [-0.4, -0.2) is 60.3 Å². The highest BCUT2D eigenvalue weighted by molar-refractivity contribution is 5.81. The van der Waals surface area contributed by atoms with Crippen LogP contribution in [0.4, 0.5) is 0 Å². The van der Waals surface area contributed by atoms with Crippen LogP contribution in [0.5, 0.6) is 0 Å². The zero-order valence-electron chi connectivity index (χ0n) is 18.6. The number of likely N-dealkylation sites (tertiary alicyclic amines) is 2. The zero-order chi connectivity index (χ0) is 21.6. The molecule has 3 aliphatic rings. The van der Waals surface area contributed by atoms with Gasteiger partial charge in [0.05, 0.1) is 0 Å². The Morgan fingerprint density at radius 1 is 1.06 bits per heavy atom. The van der Waals surface area contributed by atoms with Crippen LogP contribution in [-0.2, 0) is 22.7 Å². The van der Waals surface area contributed by atoms with Crippen molar-refractivity contribution in [3.05, 3.63) is 35.4 Å². The number of rotatable bonds is 6. The fourth-order valence-corrected chi connectivity index (χ4v) is 4.94. The number of carbonyl (C=O) groups is 2. The number of guanidine groups is 1. The molecule has 2 heterocycles. The van der Waals surface area contributed by atoms with Gasteiger partial charge in [-0.2, -0.15) is 0 Å². The molecule has 1 aromatic carbocycles. The summed E-state index contributed by atoms with van der Waals surface area (Å²) in [6.07, 6.45) is 7.12. The molecule has 7 nitrogen and oxygen atoms in total. The fourth-order valence-electron chi connectivity index (χ4n) is 4.94. The third-order valence-electron chi connectivity index (χ3n) is 6.80. The number of nitrogens with one attached hydrogen (secondary N) is 2. The predicted molar refractivity (Wildman–Crippen MR) is 121 cm³/mol. The van der Waals surface area contributed by atoms with Crippen molar-refractivity contribution in [3.63, 3.8) is 0 Å². The van der Waals surface area contributed by atoms with Crippen molar-refractivity contribution in [2.24, 2.45) is 10.9 Å². The maximum absolute atomic E-state index is 12.6. The van der Waals surface area contributed by atoms with Crippen LogP contribution < -0.4 is 10.6 Å². The Morgan fingerprint density at radius 2 is 1.81 bits per heavy atom. The summed E-state index contributed by atoms with van der Waals surface area (Å²) in [5.74, 6) is 1.63. The highest BCUT2D eigenvalue weighted by Crippen LogP contribution is 2.27. The molecule has 2 saturated heterocycles.